The van der Waals surface area contributed by atoms with Crippen molar-refractivity contribution < 1.29 is 9.47 Å². The summed E-state index contributed by atoms with van der Waals surface area (Å²) in [6.07, 6.45) is 3.36. The lowest BCUT2D eigenvalue weighted by molar-refractivity contribution is 0.171. The zero-order chi connectivity index (χ0) is 12.4. The van der Waals surface area contributed by atoms with Crippen molar-refractivity contribution >= 4 is 0 Å². The molecule has 0 fully saturated rings. The zero-order valence-corrected chi connectivity index (χ0v) is 9.74. The fourth-order valence-electron chi connectivity index (χ4n) is 1.87. The molecule has 2 heterocycles. The monoisotopic (exact) mass is 243 g/mol. The van der Waals surface area contributed by atoms with Crippen LogP contribution in [0.3, 0.4) is 0 Å². The van der Waals surface area contributed by atoms with E-state index in [9.17, 15) is 0 Å². The first-order chi connectivity index (χ1) is 8.84. The minimum Gasteiger partial charge on any atom is -0.486 e. The summed E-state index contributed by atoms with van der Waals surface area (Å²) < 4.78 is 11.0. The first-order valence-corrected chi connectivity index (χ1v) is 5.76. The molecule has 5 heteroatoms. The van der Waals surface area contributed by atoms with Crippen LogP contribution in [-0.2, 0) is 0 Å². The third kappa shape index (κ3) is 2.00. The SMILES string of the molecule is NC(c1ccc2c(c1)OCCO2)c1ncccn1. The van der Waals surface area contributed by atoms with Crippen molar-refractivity contribution in [3.8, 4) is 11.5 Å². The number of ether oxygens (including phenoxy) is 2. The Morgan fingerprint density at radius 1 is 1.06 bits per heavy atom. The molecule has 2 aromatic rings. The van der Waals surface area contributed by atoms with E-state index in [4.69, 9.17) is 15.2 Å². The van der Waals surface area contributed by atoms with Crippen LogP contribution in [0.4, 0.5) is 0 Å². The van der Waals surface area contributed by atoms with Gasteiger partial charge in [-0.05, 0) is 23.8 Å². The minimum atomic E-state index is -0.359. The van der Waals surface area contributed by atoms with Gasteiger partial charge in [0.25, 0.3) is 0 Å². The van der Waals surface area contributed by atoms with Crippen LogP contribution < -0.4 is 15.2 Å². The van der Waals surface area contributed by atoms with E-state index in [1.54, 1.807) is 18.5 Å². The largest absolute Gasteiger partial charge is 0.486 e. The fourth-order valence-corrected chi connectivity index (χ4v) is 1.87. The Morgan fingerprint density at radius 2 is 1.78 bits per heavy atom. The number of nitrogens with two attached hydrogens (primary N) is 1. The second-order valence-corrected chi connectivity index (χ2v) is 3.99. The fraction of sp³-hybridized carbons (Fsp3) is 0.231. The van der Waals surface area contributed by atoms with Crippen LogP contribution >= 0.6 is 0 Å². The molecule has 0 radical (unpaired) electrons. The van der Waals surface area contributed by atoms with Crippen LogP contribution in [0, 0.1) is 0 Å². The highest BCUT2D eigenvalue weighted by atomic mass is 16.6. The zero-order valence-electron chi connectivity index (χ0n) is 9.74. The smallest absolute Gasteiger partial charge is 0.161 e. The summed E-state index contributed by atoms with van der Waals surface area (Å²) in [6.45, 7) is 1.15. The van der Waals surface area contributed by atoms with Crippen molar-refractivity contribution in [2.24, 2.45) is 5.73 Å². The molecule has 92 valence electrons. The van der Waals surface area contributed by atoms with Gasteiger partial charge in [-0.1, -0.05) is 6.07 Å². The van der Waals surface area contributed by atoms with Gasteiger partial charge in [0.05, 0.1) is 6.04 Å². The highest BCUT2D eigenvalue weighted by molar-refractivity contribution is 5.45. The molecule has 1 aromatic heterocycles. The Morgan fingerprint density at radius 3 is 2.56 bits per heavy atom. The van der Waals surface area contributed by atoms with Crippen LogP contribution in [0.1, 0.15) is 17.4 Å². The second-order valence-electron chi connectivity index (χ2n) is 3.99. The van der Waals surface area contributed by atoms with Crippen LogP contribution in [0.15, 0.2) is 36.7 Å². The Bertz CT molecular complexity index is 545. The van der Waals surface area contributed by atoms with Gasteiger partial charge in [-0.2, -0.15) is 0 Å². The molecule has 2 N–H and O–H groups in total. The van der Waals surface area contributed by atoms with Crippen LogP contribution in [0.5, 0.6) is 11.5 Å². The van der Waals surface area contributed by atoms with Crippen LogP contribution in [-0.4, -0.2) is 23.2 Å². The molecule has 0 spiro atoms. The van der Waals surface area contributed by atoms with E-state index in [0.717, 1.165) is 17.1 Å². The number of nitrogens with zero attached hydrogens (tertiary/aromatic N) is 2. The Balaban J connectivity index is 1.93. The highest BCUT2D eigenvalue weighted by Gasteiger charge is 2.16. The van der Waals surface area contributed by atoms with Gasteiger partial charge >= 0.3 is 0 Å². The first kappa shape index (κ1) is 11.0. The van der Waals surface area contributed by atoms with E-state index >= 15 is 0 Å². The molecule has 0 saturated heterocycles. The molecule has 5 nitrogen and oxygen atoms in total. The lowest BCUT2D eigenvalue weighted by Gasteiger charge is -2.20. The van der Waals surface area contributed by atoms with Crippen LogP contribution in [0.2, 0.25) is 0 Å². The van der Waals surface area contributed by atoms with Gasteiger partial charge in [-0.15, -0.1) is 0 Å². The maximum absolute atomic E-state index is 6.13. The lowest BCUT2D eigenvalue weighted by Crippen LogP contribution is -2.18. The quantitative estimate of drug-likeness (QED) is 0.860. The van der Waals surface area contributed by atoms with E-state index in [-0.39, 0.29) is 6.04 Å². The molecule has 1 aliphatic heterocycles. The number of fused-ring (bicyclic) bond motifs is 1. The first-order valence-electron chi connectivity index (χ1n) is 5.76. The molecule has 0 bridgehead atoms. The standard InChI is InChI=1S/C13H13N3O2/c14-12(13-15-4-1-5-16-13)9-2-3-10-11(8-9)18-7-6-17-10/h1-5,8,12H,6-7,14H2. The molecular formula is C13H13N3O2. The number of hydrogen-bond acceptors (Lipinski definition) is 5. The van der Waals surface area contributed by atoms with Crippen molar-refractivity contribution in [2.45, 2.75) is 6.04 Å². The van der Waals surface area contributed by atoms with Crippen LogP contribution in [0.25, 0.3) is 0 Å². The van der Waals surface area contributed by atoms with Gasteiger partial charge in [0.1, 0.15) is 19.0 Å². The van der Waals surface area contributed by atoms with Crippen molar-refractivity contribution in [1.82, 2.24) is 9.97 Å². The van der Waals surface area contributed by atoms with E-state index in [1.807, 2.05) is 18.2 Å². The van der Waals surface area contributed by atoms with E-state index in [2.05, 4.69) is 9.97 Å². The third-order valence-electron chi connectivity index (χ3n) is 2.79. The van der Waals surface area contributed by atoms with Crippen molar-refractivity contribution in [3.63, 3.8) is 0 Å². The van der Waals surface area contributed by atoms with Crippen molar-refractivity contribution in [1.29, 1.82) is 0 Å². The van der Waals surface area contributed by atoms with E-state index in [1.165, 1.54) is 0 Å². The highest BCUT2D eigenvalue weighted by Crippen LogP contribution is 2.32. The second kappa shape index (κ2) is 4.62. The molecule has 1 aliphatic rings. The average molecular weight is 243 g/mol. The van der Waals surface area contributed by atoms with Gasteiger partial charge < -0.3 is 15.2 Å². The molecule has 0 amide bonds. The number of hydrogen-bond donors (Lipinski definition) is 1. The number of aromatic nitrogens is 2. The molecule has 18 heavy (non-hydrogen) atoms. The summed E-state index contributed by atoms with van der Waals surface area (Å²) >= 11 is 0. The summed E-state index contributed by atoms with van der Waals surface area (Å²) in [5, 5.41) is 0. The Hall–Kier alpha value is -2.14. The predicted octanol–water partition coefficient (Wildman–Crippen LogP) is 1.30. The van der Waals surface area contributed by atoms with Crippen molar-refractivity contribution in [3.05, 3.63) is 48.0 Å². The number of benzene rings is 1. The maximum atomic E-state index is 6.13. The van der Waals surface area contributed by atoms with E-state index in [0.29, 0.717) is 19.0 Å². The Labute approximate surface area is 105 Å². The topological polar surface area (TPSA) is 70.3 Å². The molecule has 1 unspecified atom stereocenters. The predicted molar refractivity (Wildman–Crippen MR) is 65.5 cm³/mol. The van der Waals surface area contributed by atoms with Crippen molar-refractivity contribution in [2.75, 3.05) is 13.2 Å². The van der Waals surface area contributed by atoms with Gasteiger partial charge in [-0.25, -0.2) is 9.97 Å². The summed E-state index contributed by atoms with van der Waals surface area (Å²) in [7, 11) is 0. The van der Waals surface area contributed by atoms with Gasteiger partial charge in [0.2, 0.25) is 0 Å². The number of rotatable bonds is 2. The summed E-state index contributed by atoms with van der Waals surface area (Å²) in [5.41, 5.74) is 7.04. The lowest BCUT2D eigenvalue weighted by atomic mass is 10.1. The molecule has 1 atom stereocenters. The van der Waals surface area contributed by atoms with E-state index < -0.39 is 0 Å². The normalized spacial score (nSPS) is 15.2. The molecule has 1 aromatic carbocycles. The Kier molecular flexibility index (Phi) is 2.82. The molecule has 0 saturated carbocycles. The summed E-state index contributed by atoms with van der Waals surface area (Å²) in [6, 6.07) is 7.07. The maximum Gasteiger partial charge on any atom is 0.161 e. The van der Waals surface area contributed by atoms with Gasteiger partial charge in [0, 0.05) is 12.4 Å². The summed E-state index contributed by atoms with van der Waals surface area (Å²) in [5.74, 6) is 2.07. The average Bonchev–Trinajstić information content (AvgIpc) is 2.47. The van der Waals surface area contributed by atoms with Gasteiger partial charge in [0.15, 0.2) is 11.5 Å². The molecular weight excluding hydrogens is 230 g/mol. The summed E-state index contributed by atoms with van der Waals surface area (Å²) in [4.78, 5) is 8.32. The minimum absolute atomic E-state index is 0.359. The molecule has 0 aliphatic carbocycles. The molecule has 3 rings (SSSR count). The third-order valence-corrected chi connectivity index (χ3v) is 2.79. The van der Waals surface area contributed by atoms with Gasteiger partial charge in [-0.3, -0.25) is 0 Å².